The Balaban J connectivity index is 0.000000156. The van der Waals surface area contributed by atoms with Crippen LogP contribution in [0.4, 0.5) is 17.1 Å². The van der Waals surface area contributed by atoms with Gasteiger partial charge in [-0.25, -0.2) is 0 Å². The third-order valence-electron chi connectivity index (χ3n) is 7.20. The third-order valence-corrected chi connectivity index (χ3v) is 7.89. The Kier molecular flexibility index (Phi) is 9.86. The minimum Gasteiger partial charge on any atom is -0.398 e. The van der Waals surface area contributed by atoms with Gasteiger partial charge in [0.1, 0.15) is 0 Å². The Morgan fingerprint density at radius 2 is 0.951 bits per heavy atom. The maximum atomic E-state index is 5.75. The number of nitrogens with one attached hydrogen (secondary N) is 1. The molecule has 41 heavy (non-hydrogen) atoms. The van der Waals surface area contributed by atoms with Crippen LogP contribution in [0.15, 0.2) is 114 Å². The molecule has 0 saturated heterocycles. The molecule has 6 aromatic rings. The summed E-state index contributed by atoms with van der Waals surface area (Å²) in [6.45, 7) is 12.6. The Labute approximate surface area is 253 Å². The van der Waals surface area contributed by atoms with Crippen molar-refractivity contribution in [2.75, 3.05) is 11.1 Å². The van der Waals surface area contributed by atoms with E-state index in [1.165, 1.54) is 60.6 Å². The summed E-state index contributed by atoms with van der Waals surface area (Å²) in [5, 5.41) is 8.69. The van der Waals surface area contributed by atoms with Crippen molar-refractivity contribution in [2.45, 2.75) is 41.5 Å². The minimum atomic E-state index is 0.922. The van der Waals surface area contributed by atoms with Gasteiger partial charge in [0.15, 0.2) is 0 Å². The molecule has 0 aliphatic rings. The van der Waals surface area contributed by atoms with Crippen LogP contribution in [0, 0.1) is 41.5 Å². The standard InChI is InChI=1S/C19H19N.C10H7Br.C9H13N/c1-13-11-14(2)19(15(3)12-13)20-18-10-6-8-16-7-4-5-9-17(16)18;11-10-7-3-5-8-4-1-2-6-9(8)10;1-6-4-7(2)9(10)8(3)5-6/h4-12,20H,1-3H3;1-7H;4-5H,10H2,1-3H3. The van der Waals surface area contributed by atoms with Gasteiger partial charge in [-0.05, 0) is 92.1 Å². The molecule has 3 heteroatoms. The fourth-order valence-electron chi connectivity index (χ4n) is 5.22. The van der Waals surface area contributed by atoms with Crippen molar-refractivity contribution >= 4 is 54.5 Å². The zero-order valence-corrected chi connectivity index (χ0v) is 26.4. The van der Waals surface area contributed by atoms with Gasteiger partial charge in [0.2, 0.25) is 0 Å². The first-order valence-corrected chi connectivity index (χ1v) is 14.7. The highest BCUT2D eigenvalue weighted by atomic mass is 79.9. The van der Waals surface area contributed by atoms with E-state index in [9.17, 15) is 0 Å². The summed E-state index contributed by atoms with van der Waals surface area (Å²) < 4.78 is 1.16. The molecule has 208 valence electrons. The van der Waals surface area contributed by atoms with Crippen LogP contribution in [-0.4, -0.2) is 0 Å². The fourth-order valence-corrected chi connectivity index (χ4v) is 5.74. The topological polar surface area (TPSA) is 38.0 Å². The summed E-state index contributed by atoms with van der Waals surface area (Å²) in [6, 6.07) is 38.0. The lowest BCUT2D eigenvalue weighted by molar-refractivity contribution is 1.31. The first-order chi connectivity index (χ1) is 19.6. The van der Waals surface area contributed by atoms with Crippen LogP contribution in [0.5, 0.6) is 0 Å². The zero-order chi connectivity index (χ0) is 29.5. The van der Waals surface area contributed by atoms with E-state index in [-0.39, 0.29) is 0 Å². The number of hydrogen-bond acceptors (Lipinski definition) is 2. The molecule has 0 atom stereocenters. The molecule has 0 heterocycles. The summed E-state index contributed by atoms with van der Waals surface area (Å²) in [5.74, 6) is 0. The number of nitrogens with two attached hydrogens (primary N) is 1. The predicted octanol–water partition coefficient (Wildman–Crippen LogP) is 11.3. The Morgan fingerprint density at radius 3 is 1.51 bits per heavy atom. The lowest BCUT2D eigenvalue weighted by Crippen LogP contribution is -1.97. The van der Waals surface area contributed by atoms with Crippen LogP contribution in [-0.2, 0) is 0 Å². The van der Waals surface area contributed by atoms with Crippen molar-refractivity contribution in [2.24, 2.45) is 0 Å². The van der Waals surface area contributed by atoms with Crippen LogP contribution >= 0.6 is 15.9 Å². The SMILES string of the molecule is Brc1cccc2ccccc12.Cc1cc(C)c(N)c(C)c1.Cc1cc(C)c(Nc2cccc3ccccc23)c(C)c1. The van der Waals surface area contributed by atoms with Crippen molar-refractivity contribution in [1.82, 2.24) is 0 Å². The van der Waals surface area contributed by atoms with E-state index >= 15 is 0 Å². The van der Waals surface area contributed by atoms with E-state index in [4.69, 9.17) is 5.73 Å². The second kappa shape index (κ2) is 13.5. The second-order valence-electron chi connectivity index (χ2n) is 10.7. The molecule has 0 bridgehead atoms. The molecule has 0 aliphatic heterocycles. The molecule has 0 radical (unpaired) electrons. The number of benzene rings is 6. The van der Waals surface area contributed by atoms with E-state index in [1.807, 2.05) is 26.0 Å². The molecular formula is C38H39BrN2. The zero-order valence-electron chi connectivity index (χ0n) is 24.8. The number of nitrogen functional groups attached to an aromatic ring is 1. The molecular weight excluding hydrogens is 564 g/mol. The average Bonchev–Trinajstić information content (AvgIpc) is 2.95. The third kappa shape index (κ3) is 7.56. The van der Waals surface area contributed by atoms with Gasteiger partial charge in [-0.1, -0.05) is 124 Å². The van der Waals surface area contributed by atoms with Crippen molar-refractivity contribution < 1.29 is 0 Å². The Morgan fingerprint density at radius 1 is 0.512 bits per heavy atom. The molecule has 6 aromatic carbocycles. The van der Waals surface area contributed by atoms with Gasteiger partial charge in [0.25, 0.3) is 0 Å². The summed E-state index contributed by atoms with van der Waals surface area (Å²) >= 11 is 3.50. The smallest absolute Gasteiger partial charge is 0.0464 e. The lowest BCUT2D eigenvalue weighted by atomic mass is 10.0. The largest absolute Gasteiger partial charge is 0.398 e. The van der Waals surface area contributed by atoms with Gasteiger partial charge < -0.3 is 11.1 Å². The molecule has 6 rings (SSSR count). The molecule has 0 aromatic heterocycles. The Bertz CT molecular complexity index is 1750. The first kappa shape index (κ1) is 29.9. The van der Waals surface area contributed by atoms with Crippen molar-refractivity contribution in [3.63, 3.8) is 0 Å². The van der Waals surface area contributed by atoms with Gasteiger partial charge >= 0.3 is 0 Å². The maximum Gasteiger partial charge on any atom is 0.0464 e. The highest BCUT2D eigenvalue weighted by Crippen LogP contribution is 2.30. The summed E-state index contributed by atoms with van der Waals surface area (Å²) in [5.41, 5.74) is 16.6. The van der Waals surface area contributed by atoms with E-state index in [2.05, 4.69) is 146 Å². The molecule has 3 N–H and O–H groups in total. The van der Waals surface area contributed by atoms with Gasteiger partial charge in [0, 0.05) is 26.9 Å². The van der Waals surface area contributed by atoms with Crippen molar-refractivity contribution in [1.29, 1.82) is 0 Å². The van der Waals surface area contributed by atoms with E-state index in [0.717, 1.165) is 15.8 Å². The van der Waals surface area contributed by atoms with E-state index in [1.54, 1.807) is 0 Å². The van der Waals surface area contributed by atoms with Gasteiger partial charge in [0.05, 0.1) is 0 Å². The van der Waals surface area contributed by atoms with E-state index < -0.39 is 0 Å². The van der Waals surface area contributed by atoms with Gasteiger partial charge in [-0.3, -0.25) is 0 Å². The number of anilines is 3. The Hall–Kier alpha value is -4.08. The van der Waals surface area contributed by atoms with Crippen LogP contribution in [0.3, 0.4) is 0 Å². The number of aryl methyl sites for hydroxylation is 6. The van der Waals surface area contributed by atoms with Crippen LogP contribution in [0.25, 0.3) is 21.5 Å². The first-order valence-electron chi connectivity index (χ1n) is 13.9. The second-order valence-corrected chi connectivity index (χ2v) is 11.6. The molecule has 0 spiro atoms. The molecule has 0 amide bonds. The highest BCUT2D eigenvalue weighted by Gasteiger charge is 2.06. The molecule has 0 fully saturated rings. The summed E-state index contributed by atoms with van der Waals surface area (Å²) in [6.07, 6.45) is 0. The minimum absolute atomic E-state index is 0.922. The molecule has 0 saturated carbocycles. The van der Waals surface area contributed by atoms with Crippen LogP contribution < -0.4 is 11.1 Å². The fraction of sp³-hybridized carbons (Fsp3) is 0.158. The van der Waals surface area contributed by atoms with Gasteiger partial charge in [-0.15, -0.1) is 0 Å². The summed E-state index contributed by atoms with van der Waals surface area (Å²) in [4.78, 5) is 0. The van der Waals surface area contributed by atoms with E-state index in [0.29, 0.717) is 0 Å². The normalized spacial score (nSPS) is 10.4. The van der Waals surface area contributed by atoms with Crippen molar-refractivity contribution in [3.8, 4) is 0 Å². The average molecular weight is 604 g/mol. The summed E-state index contributed by atoms with van der Waals surface area (Å²) in [7, 11) is 0. The van der Waals surface area contributed by atoms with Gasteiger partial charge in [-0.2, -0.15) is 0 Å². The monoisotopic (exact) mass is 602 g/mol. The van der Waals surface area contributed by atoms with Crippen LogP contribution in [0.1, 0.15) is 33.4 Å². The predicted molar refractivity (Wildman–Crippen MR) is 185 cm³/mol. The molecule has 0 unspecified atom stereocenters. The quantitative estimate of drug-likeness (QED) is 0.193. The van der Waals surface area contributed by atoms with Crippen LogP contribution in [0.2, 0.25) is 0 Å². The maximum absolute atomic E-state index is 5.75. The van der Waals surface area contributed by atoms with Crippen molar-refractivity contribution in [3.05, 3.63) is 147 Å². The molecule has 2 nitrogen and oxygen atoms in total. The number of halogens is 1. The lowest BCUT2D eigenvalue weighted by Gasteiger charge is -2.15. The number of fused-ring (bicyclic) bond motifs is 2. The number of rotatable bonds is 2. The highest BCUT2D eigenvalue weighted by molar-refractivity contribution is 9.10. The molecule has 0 aliphatic carbocycles. The number of hydrogen-bond donors (Lipinski definition) is 2.